The van der Waals surface area contributed by atoms with Crippen molar-refractivity contribution in [1.82, 2.24) is 4.57 Å². The molecule has 108 valence electrons. The Bertz CT molecular complexity index is 689. The first kappa shape index (κ1) is 14.4. The maximum absolute atomic E-state index is 13.0. The van der Waals surface area contributed by atoms with E-state index in [1.54, 1.807) is 6.92 Å². The number of nitrogens with zero attached hydrogens (tertiary/aromatic N) is 1. The van der Waals surface area contributed by atoms with Gasteiger partial charge in [-0.3, -0.25) is 4.79 Å². The van der Waals surface area contributed by atoms with Gasteiger partial charge in [0.1, 0.15) is 6.04 Å². The monoisotopic (exact) mass is 286 g/mol. The van der Waals surface area contributed by atoms with Gasteiger partial charge in [-0.1, -0.05) is 12.1 Å². The molecule has 0 spiro atoms. The topological polar surface area (TPSA) is 68.2 Å². The van der Waals surface area contributed by atoms with Crippen LogP contribution in [0.3, 0.4) is 0 Å². The molecule has 2 aromatic rings. The molecule has 20 heavy (non-hydrogen) atoms. The predicted octanol–water partition coefficient (Wildman–Crippen LogP) is 2.59. The van der Waals surface area contributed by atoms with Crippen molar-refractivity contribution in [3.05, 3.63) is 35.0 Å². The summed E-state index contributed by atoms with van der Waals surface area (Å²) in [5.74, 6) is -1.28. The highest BCUT2D eigenvalue weighted by atomic mass is 19.4. The minimum atomic E-state index is -4.51. The number of benzene rings is 1. The SMILES string of the molecule is Cc1c(C(N)C(=O)O)c2cccc(C(F)(F)F)c2n1C. The summed E-state index contributed by atoms with van der Waals surface area (Å²) >= 11 is 0. The Morgan fingerprint density at radius 3 is 2.50 bits per heavy atom. The first-order valence-corrected chi connectivity index (χ1v) is 5.79. The van der Waals surface area contributed by atoms with Crippen LogP contribution in [0.1, 0.15) is 22.9 Å². The van der Waals surface area contributed by atoms with Gasteiger partial charge in [0.05, 0.1) is 11.1 Å². The normalized spacial score (nSPS) is 13.7. The predicted molar refractivity (Wildman–Crippen MR) is 67.2 cm³/mol. The Balaban J connectivity index is 2.88. The maximum atomic E-state index is 13.0. The van der Waals surface area contributed by atoms with Crippen molar-refractivity contribution in [2.24, 2.45) is 12.8 Å². The van der Waals surface area contributed by atoms with Crippen LogP contribution in [0.25, 0.3) is 10.9 Å². The average molecular weight is 286 g/mol. The van der Waals surface area contributed by atoms with Crippen LogP contribution in [0.15, 0.2) is 18.2 Å². The number of para-hydroxylation sites is 1. The van der Waals surface area contributed by atoms with E-state index in [2.05, 4.69) is 0 Å². The van der Waals surface area contributed by atoms with Crippen molar-refractivity contribution in [3.8, 4) is 0 Å². The zero-order valence-corrected chi connectivity index (χ0v) is 10.8. The van der Waals surface area contributed by atoms with Gasteiger partial charge in [-0.2, -0.15) is 13.2 Å². The summed E-state index contributed by atoms with van der Waals surface area (Å²) in [7, 11) is 1.46. The zero-order chi connectivity index (χ0) is 15.2. The number of carbonyl (C=O) groups is 1. The van der Waals surface area contributed by atoms with Crippen LogP contribution in [0.2, 0.25) is 0 Å². The second-order valence-corrected chi connectivity index (χ2v) is 4.57. The second-order valence-electron chi connectivity index (χ2n) is 4.57. The first-order chi connectivity index (χ1) is 9.16. The third kappa shape index (κ3) is 2.03. The highest BCUT2D eigenvalue weighted by molar-refractivity contribution is 5.93. The number of halogens is 3. The molecule has 0 aliphatic carbocycles. The van der Waals surface area contributed by atoms with Crippen LogP contribution in [-0.2, 0) is 18.0 Å². The van der Waals surface area contributed by atoms with Crippen LogP contribution in [-0.4, -0.2) is 15.6 Å². The summed E-state index contributed by atoms with van der Waals surface area (Å²) in [5.41, 5.74) is 5.35. The van der Waals surface area contributed by atoms with E-state index >= 15 is 0 Å². The lowest BCUT2D eigenvalue weighted by molar-refractivity contribution is -0.138. The molecule has 0 saturated heterocycles. The summed E-state index contributed by atoms with van der Waals surface area (Å²) < 4.78 is 40.4. The van der Waals surface area contributed by atoms with Crippen molar-refractivity contribution in [3.63, 3.8) is 0 Å². The number of nitrogens with two attached hydrogens (primary N) is 1. The molecule has 0 radical (unpaired) electrons. The second kappa shape index (κ2) is 4.52. The molecule has 0 aliphatic heterocycles. The van der Waals surface area contributed by atoms with E-state index in [0.717, 1.165) is 6.07 Å². The average Bonchev–Trinajstić information content (AvgIpc) is 2.60. The summed E-state index contributed by atoms with van der Waals surface area (Å²) in [5, 5.41) is 9.22. The molecule has 3 N–H and O–H groups in total. The molecule has 7 heteroatoms. The smallest absolute Gasteiger partial charge is 0.418 e. The summed E-state index contributed by atoms with van der Waals surface area (Å²) in [4.78, 5) is 11.0. The lowest BCUT2D eigenvalue weighted by Crippen LogP contribution is -2.21. The van der Waals surface area contributed by atoms with Gasteiger partial charge in [0.2, 0.25) is 0 Å². The van der Waals surface area contributed by atoms with E-state index in [-0.39, 0.29) is 16.5 Å². The van der Waals surface area contributed by atoms with Gasteiger partial charge in [-0.15, -0.1) is 0 Å². The fraction of sp³-hybridized carbons (Fsp3) is 0.308. The van der Waals surface area contributed by atoms with Crippen LogP contribution in [0, 0.1) is 6.92 Å². The molecule has 0 fully saturated rings. The van der Waals surface area contributed by atoms with E-state index in [4.69, 9.17) is 10.8 Å². The fourth-order valence-corrected chi connectivity index (χ4v) is 2.41. The molecule has 1 heterocycles. The van der Waals surface area contributed by atoms with Crippen LogP contribution in [0.4, 0.5) is 13.2 Å². The van der Waals surface area contributed by atoms with Gasteiger partial charge in [0.15, 0.2) is 0 Å². The quantitative estimate of drug-likeness (QED) is 0.891. The van der Waals surface area contributed by atoms with Gasteiger partial charge >= 0.3 is 12.1 Å². The molecular formula is C13H13F3N2O2. The number of hydrogen-bond donors (Lipinski definition) is 2. The third-order valence-electron chi connectivity index (χ3n) is 3.44. The first-order valence-electron chi connectivity index (χ1n) is 5.79. The molecule has 2 rings (SSSR count). The highest BCUT2D eigenvalue weighted by Gasteiger charge is 2.35. The number of aromatic nitrogens is 1. The number of fused-ring (bicyclic) bond motifs is 1. The van der Waals surface area contributed by atoms with Crippen LogP contribution >= 0.6 is 0 Å². The largest absolute Gasteiger partial charge is 0.480 e. The van der Waals surface area contributed by atoms with Crippen LogP contribution in [0.5, 0.6) is 0 Å². The molecule has 1 aromatic carbocycles. The van der Waals surface area contributed by atoms with Gasteiger partial charge in [0, 0.05) is 23.7 Å². The van der Waals surface area contributed by atoms with Crippen molar-refractivity contribution < 1.29 is 23.1 Å². The van der Waals surface area contributed by atoms with Gasteiger partial charge in [0.25, 0.3) is 0 Å². The zero-order valence-electron chi connectivity index (χ0n) is 10.8. The number of carboxylic acid groups (broad SMARTS) is 1. The third-order valence-corrected chi connectivity index (χ3v) is 3.44. The van der Waals surface area contributed by atoms with Crippen molar-refractivity contribution in [2.75, 3.05) is 0 Å². The summed E-state index contributed by atoms with van der Waals surface area (Å²) in [6, 6.07) is 2.32. The van der Waals surface area contributed by atoms with Gasteiger partial charge in [-0.25, -0.2) is 0 Å². The van der Waals surface area contributed by atoms with E-state index in [0.29, 0.717) is 5.69 Å². The molecule has 1 unspecified atom stereocenters. The molecular weight excluding hydrogens is 273 g/mol. The number of alkyl halides is 3. The summed E-state index contributed by atoms with van der Waals surface area (Å²) in [6.07, 6.45) is -4.51. The number of aryl methyl sites for hydroxylation is 1. The molecule has 1 aromatic heterocycles. The Morgan fingerprint density at radius 1 is 1.40 bits per heavy atom. The number of carboxylic acids is 1. The number of rotatable bonds is 2. The Hall–Kier alpha value is -2.02. The number of aliphatic carboxylic acids is 1. The maximum Gasteiger partial charge on any atom is 0.418 e. The van der Waals surface area contributed by atoms with Gasteiger partial charge in [-0.05, 0) is 13.0 Å². The highest BCUT2D eigenvalue weighted by Crippen LogP contribution is 2.38. The Morgan fingerprint density at radius 2 is 2.00 bits per heavy atom. The fourth-order valence-electron chi connectivity index (χ4n) is 2.41. The molecule has 1 atom stereocenters. The van der Waals surface area contributed by atoms with E-state index < -0.39 is 23.8 Å². The van der Waals surface area contributed by atoms with Gasteiger partial charge < -0.3 is 15.4 Å². The molecule has 4 nitrogen and oxygen atoms in total. The van der Waals surface area contributed by atoms with E-state index in [9.17, 15) is 18.0 Å². The Kier molecular flexibility index (Phi) is 3.25. The van der Waals surface area contributed by atoms with E-state index in [1.807, 2.05) is 0 Å². The number of hydrogen-bond acceptors (Lipinski definition) is 2. The lowest BCUT2D eigenvalue weighted by atomic mass is 10.0. The van der Waals surface area contributed by atoms with Crippen molar-refractivity contribution in [1.29, 1.82) is 0 Å². The minimum Gasteiger partial charge on any atom is -0.480 e. The molecule has 0 aliphatic rings. The summed E-state index contributed by atoms with van der Waals surface area (Å²) in [6.45, 7) is 1.55. The Labute approximate surface area is 112 Å². The van der Waals surface area contributed by atoms with E-state index in [1.165, 1.54) is 23.7 Å². The molecule has 0 bridgehead atoms. The lowest BCUT2D eigenvalue weighted by Gasteiger charge is -2.10. The molecule has 0 amide bonds. The van der Waals surface area contributed by atoms with Crippen LogP contribution < -0.4 is 5.73 Å². The van der Waals surface area contributed by atoms with Crippen molar-refractivity contribution in [2.45, 2.75) is 19.1 Å². The van der Waals surface area contributed by atoms with Crippen molar-refractivity contribution >= 4 is 16.9 Å². The standard InChI is InChI=1S/C13H13F3N2O2/c1-6-9(10(17)12(19)20)7-4-3-5-8(13(14,15)16)11(7)18(6)2/h3-5,10H,17H2,1-2H3,(H,19,20). The molecule has 0 saturated carbocycles. The minimum absolute atomic E-state index is 0.0517.